The number of aryl methyl sites for hydroxylation is 1. The number of nitrogens with one attached hydrogen (secondary N) is 1. The van der Waals surface area contributed by atoms with Gasteiger partial charge in [0.25, 0.3) is 5.91 Å². The summed E-state index contributed by atoms with van der Waals surface area (Å²) in [7, 11) is 0. The largest absolute Gasteiger partial charge is 0.351 e. The van der Waals surface area contributed by atoms with Crippen LogP contribution in [0.3, 0.4) is 0 Å². The maximum atomic E-state index is 13.9. The van der Waals surface area contributed by atoms with Crippen molar-refractivity contribution in [3.63, 3.8) is 0 Å². The van der Waals surface area contributed by atoms with Gasteiger partial charge in [-0.1, -0.05) is 71.1 Å². The first-order chi connectivity index (χ1) is 15.6. The van der Waals surface area contributed by atoms with Crippen molar-refractivity contribution in [2.24, 2.45) is 0 Å². The van der Waals surface area contributed by atoms with Gasteiger partial charge in [-0.25, -0.2) is 0 Å². The molecule has 2 aliphatic rings. The van der Waals surface area contributed by atoms with Crippen molar-refractivity contribution < 1.29 is 9.59 Å². The smallest absolute Gasteiger partial charge is 0.277 e. The van der Waals surface area contributed by atoms with Crippen LogP contribution in [0.15, 0.2) is 30.3 Å². The second kappa shape index (κ2) is 8.96. The topological polar surface area (TPSA) is 67.2 Å². The normalized spacial score (nSPS) is 22.5. The zero-order chi connectivity index (χ0) is 23.8. The molecule has 1 N–H and O–H groups in total. The molecule has 0 spiro atoms. The lowest BCUT2D eigenvalue weighted by atomic mass is 9.90. The summed E-state index contributed by atoms with van der Waals surface area (Å²) in [5, 5.41) is 8.09. The molecule has 4 rings (SSSR count). The molecular formula is C27H38N4O2. The minimum absolute atomic E-state index is 0.0943. The SMILES string of the molecule is Cc1ccccc1N1C(=O)c2cc(C(C)(C)C)nn2CC1(C)C(=O)NC1CCCCCCC1. The summed E-state index contributed by atoms with van der Waals surface area (Å²) >= 11 is 0. The van der Waals surface area contributed by atoms with Crippen molar-refractivity contribution in [1.82, 2.24) is 15.1 Å². The Morgan fingerprint density at radius 3 is 2.36 bits per heavy atom. The van der Waals surface area contributed by atoms with E-state index >= 15 is 0 Å². The molecule has 1 atom stereocenters. The van der Waals surface area contributed by atoms with Crippen LogP contribution in [0.2, 0.25) is 0 Å². The third-order valence-electron chi connectivity index (χ3n) is 7.21. The Morgan fingerprint density at radius 2 is 1.73 bits per heavy atom. The maximum Gasteiger partial charge on any atom is 0.277 e. The van der Waals surface area contributed by atoms with E-state index in [2.05, 4.69) is 26.1 Å². The van der Waals surface area contributed by atoms with Gasteiger partial charge in [-0.15, -0.1) is 0 Å². The van der Waals surface area contributed by atoms with Crippen LogP contribution in [0, 0.1) is 6.92 Å². The van der Waals surface area contributed by atoms with Crippen molar-refractivity contribution in [1.29, 1.82) is 0 Å². The molecule has 0 saturated heterocycles. The highest BCUT2D eigenvalue weighted by Gasteiger charge is 2.49. The van der Waals surface area contributed by atoms with Gasteiger partial charge in [0.1, 0.15) is 11.2 Å². The first-order valence-corrected chi connectivity index (χ1v) is 12.4. The highest BCUT2D eigenvalue weighted by molar-refractivity contribution is 6.12. The maximum absolute atomic E-state index is 13.9. The molecule has 1 unspecified atom stereocenters. The van der Waals surface area contributed by atoms with Gasteiger partial charge in [-0.2, -0.15) is 5.10 Å². The van der Waals surface area contributed by atoms with Crippen LogP contribution in [0.25, 0.3) is 0 Å². The quantitative estimate of drug-likeness (QED) is 0.704. The summed E-state index contributed by atoms with van der Waals surface area (Å²) in [6, 6.07) is 9.86. The van der Waals surface area contributed by atoms with Crippen molar-refractivity contribution >= 4 is 17.5 Å². The Balaban J connectivity index is 1.74. The molecule has 6 heteroatoms. The van der Waals surface area contributed by atoms with Crippen molar-refractivity contribution in [2.75, 3.05) is 4.90 Å². The molecule has 2 aromatic rings. The average Bonchev–Trinajstić information content (AvgIpc) is 3.16. The second-order valence-electron chi connectivity index (χ2n) is 11.0. The van der Waals surface area contributed by atoms with Gasteiger partial charge >= 0.3 is 0 Å². The van der Waals surface area contributed by atoms with Gasteiger partial charge in [-0.05, 0) is 44.4 Å². The molecule has 1 aromatic heterocycles. The van der Waals surface area contributed by atoms with Crippen LogP contribution >= 0.6 is 0 Å². The molecule has 2 heterocycles. The summed E-state index contributed by atoms with van der Waals surface area (Å²) in [6.07, 6.45) is 8.02. The Kier molecular flexibility index (Phi) is 6.39. The zero-order valence-corrected chi connectivity index (χ0v) is 20.8. The number of amides is 2. The third-order valence-corrected chi connectivity index (χ3v) is 7.21. The lowest BCUT2D eigenvalue weighted by molar-refractivity contribution is -0.127. The minimum Gasteiger partial charge on any atom is -0.351 e. The fraction of sp³-hybridized carbons (Fsp3) is 0.593. The van der Waals surface area contributed by atoms with Gasteiger partial charge < -0.3 is 5.32 Å². The molecule has 1 saturated carbocycles. The Morgan fingerprint density at radius 1 is 1.09 bits per heavy atom. The van der Waals surface area contributed by atoms with Gasteiger partial charge in [0, 0.05) is 17.1 Å². The molecule has 178 valence electrons. The van der Waals surface area contributed by atoms with Crippen molar-refractivity contribution in [3.05, 3.63) is 47.3 Å². The van der Waals surface area contributed by atoms with Gasteiger partial charge in [0.2, 0.25) is 5.91 Å². The molecule has 1 aliphatic heterocycles. The third kappa shape index (κ3) is 4.57. The molecule has 0 bridgehead atoms. The van der Waals surface area contributed by atoms with Crippen LogP contribution < -0.4 is 10.2 Å². The predicted molar refractivity (Wildman–Crippen MR) is 132 cm³/mol. The van der Waals surface area contributed by atoms with E-state index in [0.717, 1.165) is 42.6 Å². The van der Waals surface area contributed by atoms with Crippen molar-refractivity contribution in [2.45, 2.75) is 103 Å². The molecular weight excluding hydrogens is 412 g/mol. The monoisotopic (exact) mass is 450 g/mol. The van der Waals surface area contributed by atoms with E-state index in [0.29, 0.717) is 12.2 Å². The number of carbonyl (C=O) groups excluding carboxylic acids is 2. The zero-order valence-electron chi connectivity index (χ0n) is 20.8. The first-order valence-electron chi connectivity index (χ1n) is 12.4. The van der Waals surface area contributed by atoms with E-state index < -0.39 is 5.54 Å². The first kappa shape index (κ1) is 23.5. The highest BCUT2D eigenvalue weighted by atomic mass is 16.2. The van der Waals surface area contributed by atoms with Crippen LogP contribution in [0.4, 0.5) is 5.69 Å². The van der Waals surface area contributed by atoms with E-state index in [4.69, 9.17) is 5.10 Å². The average molecular weight is 451 g/mol. The fourth-order valence-electron chi connectivity index (χ4n) is 5.08. The number of hydrogen-bond donors (Lipinski definition) is 1. The van der Waals surface area contributed by atoms with E-state index in [9.17, 15) is 9.59 Å². The minimum atomic E-state index is -1.07. The number of carbonyl (C=O) groups is 2. The Hall–Kier alpha value is -2.63. The number of fused-ring (bicyclic) bond motifs is 1. The van der Waals surface area contributed by atoms with Crippen molar-refractivity contribution in [3.8, 4) is 0 Å². The van der Waals surface area contributed by atoms with Gasteiger partial charge in [-0.3, -0.25) is 19.2 Å². The summed E-state index contributed by atoms with van der Waals surface area (Å²) < 4.78 is 1.75. The lowest BCUT2D eigenvalue weighted by Crippen LogP contribution is -2.65. The van der Waals surface area contributed by atoms with Crippen LogP contribution in [-0.4, -0.2) is 33.2 Å². The van der Waals surface area contributed by atoms with Crippen LogP contribution in [0.1, 0.15) is 94.4 Å². The number of benzene rings is 1. The standard InChI is InChI=1S/C27H38N4O2/c1-19-13-11-12-16-21(19)31-24(32)22-17-23(26(2,3)4)29-30(22)18-27(31,5)25(33)28-20-14-9-7-6-8-10-15-20/h11-13,16-17,20H,6-10,14-15,18H2,1-5H3,(H,28,33). The second-order valence-corrected chi connectivity index (χ2v) is 11.0. The number of anilines is 1. The Labute approximate surface area is 197 Å². The van der Waals surface area contributed by atoms with E-state index in [1.807, 2.05) is 44.2 Å². The van der Waals surface area contributed by atoms with Gasteiger partial charge in [0.05, 0.1) is 12.2 Å². The molecule has 6 nitrogen and oxygen atoms in total. The number of rotatable bonds is 3. The van der Waals surface area contributed by atoms with E-state index in [-0.39, 0.29) is 23.3 Å². The molecule has 33 heavy (non-hydrogen) atoms. The molecule has 1 aromatic carbocycles. The number of para-hydroxylation sites is 1. The van der Waals surface area contributed by atoms with Crippen LogP contribution in [-0.2, 0) is 16.8 Å². The molecule has 0 radical (unpaired) electrons. The van der Waals surface area contributed by atoms with Crippen LogP contribution in [0.5, 0.6) is 0 Å². The van der Waals surface area contributed by atoms with Gasteiger partial charge in [0.15, 0.2) is 0 Å². The summed E-state index contributed by atoms with van der Waals surface area (Å²) in [6.45, 7) is 10.5. The Bertz CT molecular complexity index is 1030. The van der Waals surface area contributed by atoms with E-state index in [1.165, 1.54) is 19.3 Å². The van der Waals surface area contributed by atoms with E-state index in [1.54, 1.807) is 9.58 Å². The highest BCUT2D eigenvalue weighted by Crippen LogP contribution is 2.36. The fourth-order valence-corrected chi connectivity index (χ4v) is 5.08. The number of hydrogen-bond acceptors (Lipinski definition) is 3. The molecule has 1 fully saturated rings. The number of aromatic nitrogens is 2. The lowest BCUT2D eigenvalue weighted by Gasteiger charge is -2.44. The predicted octanol–water partition coefficient (Wildman–Crippen LogP) is 5.14. The summed E-state index contributed by atoms with van der Waals surface area (Å²) in [5.74, 6) is -0.267. The number of nitrogens with zero attached hydrogens (tertiary/aromatic N) is 3. The molecule has 1 aliphatic carbocycles. The summed E-state index contributed by atoms with van der Waals surface area (Å²) in [4.78, 5) is 29.5. The summed E-state index contributed by atoms with van der Waals surface area (Å²) in [5.41, 5.74) is 1.90. The molecule has 2 amide bonds.